The molecule has 7 heteroatoms. The number of nitrogens with one attached hydrogen (secondary N) is 2. The molecule has 0 aliphatic heterocycles. The zero-order chi connectivity index (χ0) is 18.2. The molecule has 0 saturated heterocycles. The Morgan fingerprint density at radius 3 is 2.64 bits per heavy atom. The van der Waals surface area contributed by atoms with Crippen molar-refractivity contribution in [3.8, 4) is 17.6 Å². The topological polar surface area (TPSA) is 83.4 Å². The first-order chi connectivity index (χ1) is 12.1. The van der Waals surface area contributed by atoms with Crippen LogP contribution in [0, 0.1) is 11.3 Å². The summed E-state index contributed by atoms with van der Waals surface area (Å²) in [6.07, 6.45) is 1.31. The summed E-state index contributed by atoms with van der Waals surface area (Å²) in [6.45, 7) is 0. The number of nitrogens with zero attached hydrogens (tertiary/aromatic N) is 1. The summed E-state index contributed by atoms with van der Waals surface area (Å²) in [5.74, 6) is 0.596. The molecule has 0 spiro atoms. The van der Waals surface area contributed by atoms with Crippen molar-refractivity contribution in [1.29, 1.82) is 5.26 Å². The van der Waals surface area contributed by atoms with Crippen molar-refractivity contribution in [3.63, 3.8) is 0 Å². The number of hydrogen-bond donors (Lipinski definition) is 2. The lowest BCUT2D eigenvalue weighted by molar-refractivity contribution is -0.112. The maximum atomic E-state index is 12.2. The van der Waals surface area contributed by atoms with E-state index in [1.165, 1.54) is 13.3 Å². The van der Waals surface area contributed by atoms with E-state index in [4.69, 9.17) is 21.1 Å². The molecule has 2 N–H and O–H groups in total. The molecular weight excluding hydrogens is 342 g/mol. The normalized spacial score (nSPS) is 10.6. The Morgan fingerprint density at radius 2 is 2.00 bits per heavy atom. The third-order valence-corrected chi connectivity index (χ3v) is 3.46. The maximum absolute atomic E-state index is 12.2. The fourth-order valence-electron chi connectivity index (χ4n) is 1.98. The number of carbonyl (C=O) groups excluding carboxylic acids is 1. The first-order valence-corrected chi connectivity index (χ1v) is 7.61. The van der Waals surface area contributed by atoms with Crippen molar-refractivity contribution >= 4 is 28.9 Å². The molecule has 0 radical (unpaired) electrons. The van der Waals surface area contributed by atoms with Crippen molar-refractivity contribution < 1.29 is 14.3 Å². The minimum atomic E-state index is -0.551. The number of halogens is 1. The molecule has 2 aromatic rings. The minimum Gasteiger partial charge on any atom is -0.497 e. The van der Waals surface area contributed by atoms with E-state index in [9.17, 15) is 10.1 Å². The minimum absolute atomic E-state index is 0.0992. The Hall–Kier alpha value is -3.17. The Balaban J connectivity index is 2.15. The highest BCUT2D eigenvalue weighted by Gasteiger charge is 2.10. The Kier molecular flexibility index (Phi) is 6.26. The first-order valence-electron chi connectivity index (χ1n) is 7.23. The summed E-state index contributed by atoms with van der Waals surface area (Å²) in [5, 5.41) is 15.2. The summed E-state index contributed by atoms with van der Waals surface area (Å²) in [7, 11) is 3.07. The highest BCUT2D eigenvalue weighted by Crippen LogP contribution is 2.29. The van der Waals surface area contributed by atoms with Crippen LogP contribution >= 0.6 is 11.6 Å². The number of rotatable bonds is 6. The van der Waals surface area contributed by atoms with Crippen molar-refractivity contribution in [1.82, 2.24) is 0 Å². The van der Waals surface area contributed by atoms with Gasteiger partial charge in [0.15, 0.2) is 0 Å². The van der Waals surface area contributed by atoms with Crippen LogP contribution in [0.3, 0.4) is 0 Å². The fourth-order valence-corrected chi connectivity index (χ4v) is 2.17. The van der Waals surface area contributed by atoms with Crippen LogP contribution in [0.25, 0.3) is 0 Å². The number of anilines is 2. The van der Waals surface area contributed by atoms with Gasteiger partial charge in [-0.2, -0.15) is 5.26 Å². The summed E-state index contributed by atoms with van der Waals surface area (Å²) in [5.41, 5.74) is 0.991. The average molecular weight is 358 g/mol. The van der Waals surface area contributed by atoms with Gasteiger partial charge in [-0.3, -0.25) is 4.79 Å². The molecule has 0 unspecified atom stereocenters. The number of carbonyl (C=O) groups is 1. The summed E-state index contributed by atoms with van der Waals surface area (Å²) < 4.78 is 10.4. The van der Waals surface area contributed by atoms with Crippen LogP contribution in [-0.4, -0.2) is 20.1 Å². The number of methoxy groups -OCH3 is 2. The summed E-state index contributed by atoms with van der Waals surface area (Å²) >= 11 is 5.87. The molecule has 0 aliphatic carbocycles. The molecule has 2 aromatic carbocycles. The van der Waals surface area contributed by atoms with Gasteiger partial charge in [-0.1, -0.05) is 17.7 Å². The van der Waals surface area contributed by atoms with Gasteiger partial charge in [0, 0.05) is 23.0 Å². The van der Waals surface area contributed by atoms with E-state index in [0.29, 0.717) is 27.9 Å². The number of ether oxygens (including phenoxy) is 2. The Labute approximate surface area is 150 Å². The quantitative estimate of drug-likeness (QED) is 0.606. The molecule has 0 fully saturated rings. The van der Waals surface area contributed by atoms with Gasteiger partial charge in [0.1, 0.15) is 23.1 Å². The molecule has 0 aromatic heterocycles. The second-order valence-corrected chi connectivity index (χ2v) is 5.28. The van der Waals surface area contributed by atoms with Gasteiger partial charge in [-0.15, -0.1) is 0 Å². The predicted octanol–water partition coefficient (Wildman–Crippen LogP) is 3.82. The first kappa shape index (κ1) is 18.2. The van der Waals surface area contributed by atoms with E-state index in [1.807, 2.05) is 6.07 Å². The lowest BCUT2D eigenvalue weighted by Crippen LogP contribution is -2.14. The molecule has 0 saturated carbocycles. The Bertz CT molecular complexity index is 844. The number of nitriles is 1. The average Bonchev–Trinajstić information content (AvgIpc) is 2.62. The van der Waals surface area contributed by atoms with Crippen LogP contribution in [0.1, 0.15) is 0 Å². The second-order valence-electron chi connectivity index (χ2n) is 4.84. The van der Waals surface area contributed by atoms with E-state index in [1.54, 1.807) is 49.6 Å². The van der Waals surface area contributed by atoms with Crippen molar-refractivity contribution in [2.24, 2.45) is 0 Å². The molecule has 2 rings (SSSR count). The van der Waals surface area contributed by atoms with Crippen LogP contribution in [0.2, 0.25) is 5.02 Å². The standard InChI is InChI=1S/C18H16ClN3O3/c1-24-15-6-7-16(17(9-15)25-2)21-11-12(10-20)18(23)22-14-5-3-4-13(19)8-14/h3-9,11,21H,1-2H3,(H,22,23)/b12-11+. The highest BCUT2D eigenvalue weighted by molar-refractivity contribution is 6.31. The maximum Gasteiger partial charge on any atom is 0.267 e. The van der Waals surface area contributed by atoms with Crippen molar-refractivity contribution in [3.05, 3.63) is 59.3 Å². The van der Waals surface area contributed by atoms with Crippen LogP contribution in [-0.2, 0) is 4.79 Å². The number of hydrogen-bond acceptors (Lipinski definition) is 5. The van der Waals surface area contributed by atoms with E-state index in [-0.39, 0.29) is 5.57 Å². The SMILES string of the molecule is COc1ccc(N/C=C(\C#N)C(=O)Nc2cccc(Cl)c2)c(OC)c1. The second kappa shape index (κ2) is 8.62. The molecule has 0 heterocycles. The predicted molar refractivity (Wildman–Crippen MR) is 96.9 cm³/mol. The third-order valence-electron chi connectivity index (χ3n) is 3.23. The van der Waals surface area contributed by atoms with Crippen LogP contribution in [0.4, 0.5) is 11.4 Å². The van der Waals surface area contributed by atoms with E-state index in [0.717, 1.165) is 0 Å². The van der Waals surface area contributed by atoms with Crippen molar-refractivity contribution in [2.45, 2.75) is 0 Å². The van der Waals surface area contributed by atoms with E-state index < -0.39 is 5.91 Å². The monoisotopic (exact) mass is 357 g/mol. The molecule has 6 nitrogen and oxygen atoms in total. The van der Waals surface area contributed by atoms with Gasteiger partial charge in [0.25, 0.3) is 5.91 Å². The van der Waals surface area contributed by atoms with E-state index in [2.05, 4.69) is 10.6 Å². The van der Waals surface area contributed by atoms with Gasteiger partial charge in [-0.05, 0) is 30.3 Å². The molecule has 0 bridgehead atoms. The van der Waals surface area contributed by atoms with Gasteiger partial charge in [0.05, 0.1) is 19.9 Å². The molecule has 1 amide bonds. The van der Waals surface area contributed by atoms with Crippen LogP contribution in [0.5, 0.6) is 11.5 Å². The van der Waals surface area contributed by atoms with E-state index >= 15 is 0 Å². The zero-order valence-corrected chi connectivity index (χ0v) is 14.4. The fraction of sp³-hybridized carbons (Fsp3) is 0.111. The smallest absolute Gasteiger partial charge is 0.267 e. The lowest BCUT2D eigenvalue weighted by Gasteiger charge is -2.10. The number of benzene rings is 2. The molecule has 0 atom stereocenters. The van der Waals surface area contributed by atoms with Gasteiger partial charge in [0.2, 0.25) is 0 Å². The third kappa shape index (κ3) is 4.90. The molecule has 0 aliphatic rings. The van der Waals surface area contributed by atoms with Crippen LogP contribution < -0.4 is 20.1 Å². The summed E-state index contributed by atoms with van der Waals surface area (Å²) in [4.78, 5) is 12.2. The molecule has 25 heavy (non-hydrogen) atoms. The number of amides is 1. The highest BCUT2D eigenvalue weighted by atomic mass is 35.5. The Morgan fingerprint density at radius 1 is 1.20 bits per heavy atom. The van der Waals surface area contributed by atoms with Crippen molar-refractivity contribution in [2.75, 3.05) is 24.9 Å². The largest absolute Gasteiger partial charge is 0.497 e. The van der Waals surface area contributed by atoms with Crippen LogP contribution in [0.15, 0.2) is 54.2 Å². The van der Waals surface area contributed by atoms with Gasteiger partial charge < -0.3 is 20.1 Å². The lowest BCUT2D eigenvalue weighted by atomic mass is 10.2. The summed E-state index contributed by atoms with van der Waals surface area (Å²) in [6, 6.07) is 13.7. The molecular formula is C18H16ClN3O3. The van der Waals surface area contributed by atoms with Gasteiger partial charge in [-0.25, -0.2) is 0 Å². The molecule has 128 valence electrons. The van der Waals surface area contributed by atoms with Gasteiger partial charge >= 0.3 is 0 Å². The zero-order valence-electron chi connectivity index (χ0n) is 13.7.